The standard InChI is InChI=1S/C10H19NOS/c1-12-9-5-2-3-6-10(9)11-7-4-8-13-10/h9,11H,2-8H2,1H3. The van der Waals surface area contributed by atoms with E-state index in [1.807, 2.05) is 7.11 Å². The molecule has 0 radical (unpaired) electrons. The molecule has 2 fully saturated rings. The minimum Gasteiger partial charge on any atom is -0.379 e. The Kier molecular flexibility index (Phi) is 3.17. The molecule has 1 saturated carbocycles. The van der Waals surface area contributed by atoms with E-state index in [-0.39, 0.29) is 4.87 Å². The van der Waals surface area contributed by atoms with Crippen LogP contribution in [0.25, 0.3) is 0 Å². The molecule has 3 heteroatoms. The van der Waals surface area contributed by atoms with Crippen molar-refractivity contribution in [2.75, 3.05) is 19.4 Å². The minimum atomic E-state index is 0.269. The number of ether oxygens (including phenoxy) is 1. The van der Waals surface area contributed by atoms with Crippen molar-refractivity contribution in [1.82, 2.24) is 5.32 Å². The van der Waals surface area contributed by atoms with Gasteiger partial charge >= 0.3 is 0 Å². The molecule has 1 spiro atoms. The van der Waals surface area contributed by atoms with Gasteiger partial charge in [-0.3, -0.25) is 0 Å². The SMILES string of the molecule is COC1CCCCC12NCCCS2. The summed E-state index contributed by atoms with van der Waals surface area (Å²) in [6.45, 7) is 1.17. The number of thioether (sulfide) groups is 1. The van der Waals surface area contributed by atoms with Crippen molar-refractivity contribution < 1.29 is 4.74 Å². The first-order valence-corrected chi connectivity index (χ1v) is 6.28. The monoisotopic (exact) mass is 201 g/mol. The molecule has 2 rings (SSSR count). The zero-order valence-electron chi connectivity index (χ0n) is 8.34. The van der Waals surface area contributed by atoms with E-state index < -0.39 is 0 Å². The van der Waals surface area contributed by atoms with E-state index in [1.165, 1.54) is 44.4 Å². The number of rotatable bonds is 1. The van der Waals surface area contributed by atoms with Gasteiger partial charge in [-0.2, -0.15) is 0 Å². The summed E-state index contributed by atoms with van der Waals surface area (Å²) in [4.78, 5) is 0.269. The molecule has 1 heterocycles. The molecule has 0 aromatic carbocycles. The van der Waals surface area contributed by atoms with Crippen LogP contribution in [0, 0.1) is 0 Å². The van der Waals surface area contributed by atoms with Crippen LogP contribution in [0.3, 0.4) is 0 Å². The van der Waals surface area contributed by atoms with Crippen LogP contribution in [0.4, 0.5) is 0 Å². The molecule has 2 aliphatic rings. The normalized spacial score (nSPS) is 40.8. The van der Waals surface area contributed by atoms with Gasteiger partial charge in [0, 0.05) is 7.11 Å². The second kappa shape index (κ2) is 4.20. The molecule has 2 atom stereocenters. The first-order valence-electron chi connectivity index (χ1n) is 5.29. The maximum Gasteiger partial charge on any atom is 0.0909 e. The van der Waals surface area contributed by atoms with Crippen molar-refractivity contribution in [3.63, 3.8) is 0 Å². The van der Waals surface area contributed by atoms with Crippen molar-refractivity contribution in [2.24, 2.45) is 0 Å². The maximum atomic E-state index is 5.60. The quantitative estimate of drug-likeness (QED) is 0.701. The van der Waals surface area contributed by atoms with Gasteiger partial charge in [0.05, 0.1) is 11.0 Å². The van der Waals surface area contributed by atoms with Gasteiger partial charge in [-0.15, -0.1) is 11.8 Å². The highest BCUT2D eigenvalue weighted by Crippen LogP contribution is 2.41. The van der Waals surface area contributed by atoms with Crippen molar-refractivity contribution >= 4 is 11.8 Å². The summed E-state index contributed by atoms with van der Waals surface area (Å²) in [6.07, 6.45) is 6.96. The average molecular weight is 201 g/mol. The summed E-state index contributed by atoms with van der Waals surface area (Å²) in [5.74, 6) is 1.30. The molecule has 1 aliphatic carbocycles. The van der Waals surface area contributed by atoms with E-state index in [2.05, 4.69) is 17.1 Å². The van der Waals surface area contributed by atoms with Crippen molar-refractivity contribution in [2.45, 2.75) is 43.1 Å². The molecule has 13 heavy (non-hydrogen) atoms. The molecule has 0 amide bonds. The second-order valence-corrected chi connectivity index (χ2v) is 5.41. The lowest BCUT2D eigenvalue weighted by Gasteiger charge is -2.45. The highest BCUT2D eigenvalue weighted by Gasteiger charge is 2.42. The zero-order chi connectivity index (χ0) is 9.15. The molecule has 1 N–H and O–H groups in total. The lowest BCUT2D eigenvalue weighted by Crippen LogP contribution is -2.56. The van der Waals surface area contributed by atoms with Crippen LogP contribution in [-0.4, -0.2) is 30.4 Å². The predicted octanol–water partition coefficient (Wildman–Crippen LogP) is 2.00. The van der Waals surface area contributed by atoms with Crippen LogP contribution >= 0.6 is 11.8 Å². The Morgan fingerprint density at radius 3 is 3.00 bits per heavy atom. The molecule has 2 nitrogen and oxygen atoms in total. The Morgan fingerprint density at radius 1 is 1.38 bits per heavy atom. The first kappa shape index (κ1) is 9.81. The fourth-order valence-electron chi connectivity index (χ4n) is 2.46. The first-order chi connectivity index (χ1) is 6.37. The summed E-state index contributed by atoms with van der Waals surface area (Å²) >= 11 is 2.08. The molecule has 76 valence electrons. The van der Waals surface area contributed by atoms with Crippen LogP contribution in [0.5, 0.6) is 0 Å². The summed E-state index contributed by atoms with van der Waals surface area (Å²) in [5.41, 5.74) is 0. The second-order valence-electron chi connectivity index (χ2n) is 3.99. The topological polar surface area (TPSA) is 21.3 Å². The number of hydrogen-bond donors (Lipinski definition) is 1. The summed E-state index contributed by atoms with van der Waals surface area (Å²) in [7, 11) is 1.86. The van der Waals surface area contributed by atoms with E-state index in [0.29, 0.717) is 6.10 Å². The number of hydrogen-bond acceptors (Lipinski definition) is 3. The molecule has 0 aromatic heterocycles. The van der Waals surface area contributed by atoms with Crippen LogP contribution in [0.1, 0.15) is 32.1 Å². The average Bonchev–Trinajstić information content (AvgIpc) is 2.20. The Morgan fingerprint density at radius 2 is 2.31 bits per heavy atom. The van der Waals surface area contributed by atoms with Gasteiger partial charge in [0.2, 0.25) is 0 Å². The van der Waals surface area contributed by atoms with Gasteiger partial charge in [0.15, 0.2) is 0 Å². The highest BCUT2D eigenvalue weighted by atomic mass is 32.2. The number of nitrogens with one attached hydrogen (secondary N) is 1. The Bertz CT molecular complexity index is 160. The Labute approximate surface area is 84.8 Å². The zero-order valence-corrected chi connectivity index (χ0v) is 9.16. The third-order valence-electron chi connectivity index (χ3n) is 3.17. The molecule has 0 bridgehead atoms. The van der Waals surface area contributed by atoms with Crippen LogP contribution < -0.4 is 5.32 Å². The lowest BCUT2D eigenvalue weighted by atomic mass is 9.91. The van der Waals surface area contributed by atoms with E-state index in [0.717, 1.165) is 0 Å². The third kappa shape index (κ3) is 1.88. The van der Waals surface area contributed by atoms with Gasteiger partial charge in [0.25, 0.3) is 0 Å². The van der Waals surface area contributed by atoms with Crippen molar-refractivity contribution in [3.8, 4) is 0 Å². The van der Waals surface area contributed by atoms with Crippen molar-refractivity contribution in [1.29, 1.82) is 0 Å². The third-order valence-corrected chi connectivity index (χ3v) is 4.79. The fourth-order valence-corrected chi connectivity index (χ4v) is 4.01. The fraction of sp³-hybridized carbons (Fsp3) is 1.00. The molecule has 0 aromatic rings. The number of methoxy groups -OCH3 is 1. The molecule has 2 unspecified atom stereocenters. The summed E-state index contributed by atoms with van der Waals surface area (Å²) < 4.78 is 5.60. The molecular formula is C10H19NOS. The van der Waals surface area contributed by atoms with Gasteiger partial charge < -0.3 is 10.1 Å². The lowest BCUT2D eigenvalue weighted by molar-refractivity contribution is 0.0268. The Balaban J connectivity index is 2.06. The minimum absolute atomic E-state index is 0.269. The Hall–Kier alpha value is 0.270. The van der Waals surface area contributed by atoms with Gasteiger partial charge in [-0.1, -0.05) is 12.8 Å². The summed E-state index contributed by atoms with van der Waals surface area (Å²) in [5, 5.41) is 3.67. The van der Waals surface area contributed by atoms with E-state index in [1.54, 1.807) is 0 Å². The largest absolute Gasteiger partial charge is 0.379 e. The van der Waals surface area contributed by atoms with E-state index in [4.69, 9.17) is 4.74 Å². The molecular weight excluding hydrogens is 182 g/mol. The van der Waals surface area contributed by atoms with Gasteiger partial charge in [-0.05, 0) is 31.6 Å². The van der Waals surface area contributed by atoms with Crippen molar-refractivity contribution in [3.05, 3.63) is 0 Å². The van der Waals surface area contributed by atoms with Gasteiger partial charge in [0.1, 0.15) is 0 Å². The van der Waals surface area contributed by atoms with Crippen LogP contribution in [0.15, 0.2) is 0 Å². The molecule has 1 aliphatic heterocycles. The predicted molar refractivity (Wildman–Crippen MR) is 57.1 cm³/mol. The van der Waals surface area contributed by atoms with Crippen LogP contribution in [0.2, 0.25) is 0 Å². The smallest absolute Gasteiger partial charge is 0.0909 e. The van der Waals surface area contributed by atoms with E-state index >= 15 is 0 Å². The summed E-state index contributed by atoms with van der Waals surface area (Å²) in [6, 6.07) is 0. The van der Waals surface area contributed by atoms with Crippen LogP contribution in [-0.2, 0) is 4.74 Å². The van der Waals surface area contributed by atoms with E-state index in [9.17, 15) is 0 Å². The highest BCUT2D eigenvalue weighted by molar-refractivity contribution is 8.00. The molecule has 1 saturated heterocycles. The van der Waals surface area contributed by atoms with Gasteiger partial charge in [-0.25, -0.2) is 0 Å². The maximum absolute atomic E-state index is 5.60.